The van der Waals surface area contributed by atoms with E-state index < -0.39 is 19.0 Å². The van der Waals surface area contributed by atoms with E-state index in [0.29, 0.717) is 6.54 Å². The lowest BCUT2D eigenvalue weighted by Crippen LogP contribution is -2.34. The molecule has 1 aromatic rings. The summed E-state index contributed by atoms with van der Waals surface area (Å²) in [6.07, 6.45) is -1.68. The van der Waals surface area contributed by atoms with E-state index in [1.165, 1.54) is 6.20 Å². The zero-order valence-electron chi connectivity index (χ0n) is 9.97. The van der Waals surface area contributed by atoms with Crippen LogP contribution in [0.15, 0.2) is 10.7 Å². The second-order valence-electron chi connectivity index (χ2n) is 3.62. The van der Waals surface area contributed by atoms with Gasteiger partial charge in [-0.05, 0) is 22.4 Å². The van der Waals surface area contributed by atoms with Crippen molar-refractivity contribution in [1.82, 2.24) is 9.97 Å². The summed E-state index contributed by atoms with van der Waals surface area (Å²) in [5.41, 5.74) is 0. The Morgan fingerprint density at radius 1 is 1.47 bits per heavy atom. The molecule has 0 amide bonds. The Morgan fingerprint density at radius 2 is 2.16 bits per heavy atom. The van der Waals surface area contributed by atoms with Gasteiger partial charge in [0, 0.05) is 6.54 Å². The Kier molecular flexibility index (Phi) is 5.77. The molecule has 0 aliphatic rings. The van der Waals surface area contributed by atoms with E-state index in [1.807, 2.05) is 6.92 Å². The molecule has 1 N–H and O–H groups in total. The normalized spacial score (nSPS) is 11.7. The first kappa shape index (κ1) is 15.9. The van der Waals surface area contributed by atoms with Crippen molar-refractivity contribution in [2.75, 3.05) is 18.5 Å². The molecule has 0 bridgehead atoms. The van der Waals surface area contributed by atoms with Gasteiger partial charge in [0.1, 0.15) is 0 Å². The molecule has 0 fully saturated rings. The van der Waals surface area contributed by atoms with E-state index in [2.05, 4.69) is 36.0 Å². The summed E-state index contributed by atoms with van der Waals surface area (Å²) in [6, 6.07) is 0. The van der Waals surface area contributed by atoms with E-state index in [9.17, 15) is 17.6 Å². The maximum atomic E-state index is 12.7. The third kappa shape index (κ3) is 4.81. The number of anilines is 1. The zero-order chi connectivity index (χ0) is 14.5. The van der Waals surface area contributed by atoms with Gasteiger partial charge in [0.2, 0.25) is 11.8 Å². The smallest absolute Gasteiger partial charge is 0.340 e. The van der Waals surface area contributed by atoms with Gasteiger partial charge in [0.05, 0.1) is 10.7 Å². The number of nitrogens with zero attached hydrogens (tertiary/aromatic N) is 2. The molecule has 0 spiro atoms. The van der Waals surface area contributed by atoms with Crippen LogP contribution in [-0.4, -0.2) is 35.5 Å². The number of halogens is 5. The summed E-state index contributed by atoms with van der Waals surface area (Å²) in [4.78, 5) is 7.67. The maximum absolute atomic E-state index is 12.7. The molecule has 0 saturated carbocycles. The van der Waals surface area contributed by atoms with Crippen molar-refractivity contribution in [3.8, 4) is 5.88 Å². The molecule has 0 aliphatic heterocycles. The van der Waals surface area contributed by atoms with Crippen LogP contribution in [0.25, 0.3) is 0 Å². The highest BCUT2D eigenvalue weighted by atomic mass is 79.9. The molecule has 0 atom stereocenters. The van der Waals surface area contributed by atoms with E-state index in [1.54, 1.807) is 0 Å². The van der Waals surface area contributed by atoms with Gasteiger partial charge < -0.3 is 10.1 Å². The molecule has 0 saturated heterocycles. The van der Waals surface area contributed by atoms with Crippen molar-refractivity contribution in [2.24, 2.45) is 0 Å². The maximum Gasteiger partial charge on any atom is 0.340 e. The Morgan fingerprint density at radius 3 is 2.74 bits per heavy atom. The van der Waals surface area contributed by atoms with Gasteiger partial charge in [0.15, 0.2) is 6.61 Å². The average molecular weight is 346 g/mol. The lowest BCUT2D eigenvalue weighted by atomic mass is 10.4. The highest BCUT2D eigenvalue weighted by Gasteiger charge is 2.42. The minimum Gasteiger partial charge on any atom is -0.470 e. The fourth-order valence-electron chi connectivity index (χ4n) is 1.00. The Bertz CT molecular complexity index is 420. The van der Waals surface area contributed by atoms with Crippen molar-refractivity contribution >= 4 is 21.9 Å². The largest absolute Gasteiger partial charge is 0.470 e. The number of hydrogen-bond acceptors (Lipinski definition) is 4. The Hall–Kier alpha value is -1.12. The molecule has 4 nitrogen and oxygen atoms in total. The van der Waals surface area contributed by atoms with Crippen molar-refractivity contribution in [3.05, 3.63) is 10.7 Å². The number of hydrogen-bond donors (Lipinski definition) is 1. The molecular weight excluding hydrogens is 334 g/mol. The van der Waals surface area contributed by atoms with Crippen LogP contribution in [0.5, 0.6) is 5.88 Å². The van der Waals surface area contributed by atoms with Crippen molar-refractivity contribution in [1.29, 1.82) is 0 Å². The molecule has 1 heterocycles. The highest BCUT2D eigenvalue weighted by Crippen LogP contribution is 2.27. The van der Waals surface area contributed by atoms with E-state index >= 15 is 0 Å². The average Bonchev–Trinajstić information content (AvgIpc) is 2.36. The zero-order valence-corrected chi connectivity index (χ0v) is 11.6. The minimum absolute atomic E-state index is 0.181. The number of rotatable bonds is 7. The molecule has 0 radical (unpaired) electrons. The first-order valence-electron chi connectivity index (χ1n) is 5.42. The standard InChI is InChI=1S/C10H12BrF4N3O/c1-2-3-16-9-17-4-6(11)7(18-9)19-5-10(14,15)8(12)13/h4,8H,2-3,5H2,1H3,(H,16,17,18). The summed E-state index contributed by atoms with van der Waals surface area (Å²) in [5.74, 6) is -4.25. The molecule has 9 heteroatoms. The number of nitrogens with one attached hydrogen (secondary N) is 1. The highest BCUT2D eigenvalue weighted by molar-refractivity contribution is 9.10. The fourth-order valence-corrected chi connectivity index (χ4v) is 1.31. The molecule has 0 aliphatic carbocycles. The monoisotopic (exact) mass is 345 g/mol. The summed E-state index contributed by atoms with van der Waals surface area (Å²) in [6.45, 7) is 1.06. The van der Waals surface area contributed by atoms with Gasteiger partial charge in [0.25, 0.3) is 0 Å². The van der Waals surface area contributed by atoms with Crippen LogP contribution in [0.2, 0.25) is 0 Å². The second kappa shape index (κ2) is 6.88. The van der Waals surface area contributed by atoms with Gasteiger partial charge in [-0.2, -0.15) is 13.8 Å². The van der Waals surface area contributed by atoms with Crippen molar-refractivity contribution < 1.29 is 22.3 Å². The quantitative estimate of drug-likeness (QED) is 0.770. The first-order valence-corrected chi connectivity index (χ1v) is 6.21. The van der Waals surface area contributed by atoms with Crippen LogP contribution in [0.1, 0.15) is 13.3 Å². The van der Waals surface area contributed by atoms with Crippen LogP contribution >= 0.6 is 15.9 Å². The van der Waals surface area contributed by atoms with Crippen LogP contribution in [0, 0.1) is 0 Å². The fraction of sp³-hybridized carbons (Fsp3) is 0.600. The summed E-state index contributed by atoms with van der Waals surface area (Å²) < 4.78 is 54.2. The van der Waals surface area contributed by atoms with E-state index in [0.717, 1.165) is 6.42 Å². The van der Waals surface area contributed by atoms with Gasteiger partial charge in [-0.25, -0.2) is 13.8 Å². The summed E-state index contributed by atoms with van der Waals surface area (Å²) in [5, 5.41) is 2.82. The van der Waals surface area contributed by atoms with Crippen LogP contribution in [0.3, 0.4) is 0 Å². The molecule has 108 valence electrons. The molecule has 1 aromatic heterocycles. The van der Waals surface area contributed by atoms with Crippen LogP contribution < -0.4 is 10.1 Å². The number of aromatic nitrogens is 2. The van der Waals surface area contributed by atoms with Gasteiger partial charge in [-0.3, -0.25) is 0 Å². The second-order valence-corrected chi connectivity index (χ2v) is 4.48. The lowest BCUT2D eigenvalue weighted by Gasteiger charge is -2.16. The van der Waals surface area contributed by atoms with Gasteiger partial charge in [-0.15, -0.1) is 0 Å². The van der Waals surface area contributed by atoms with E-state index in [4.69, 9.17) is 0 Å². The summed E-state index contributed by atoms with van der Waals surface area (Å²) in [7, 11) is 0. The topological polar surface area (TPSA) is 47.0 Å². The lowest BCUT2D eigenvalue weighted by molar-refractivity contribution is -0.148. The third-order valence-corrected chi connectivity index (χ3v) is 2.51. The van der Waals surface area contributed by atoms with Crippen LogP contribution in [0.4, 0.5) is 23.5 Å². The van der Waals surface area contributed by atoms with Gasteiger partial charge in [-0.1, -0.05) is 6.92 Å². The number of alkyl halides is 4. The third-order valence-electron chi connectivity index (χ3n) is 1.97. The predicted molar refractivity (Wildman–Crippen MR) is 65.0 cm³/mol. The van der Waals surface area contributed by atoms with E-state index in [-0.39, 0.29) is 16.3 Å². The molecule has 0 unspecified atom stereocenters. The minimum atomic E-state index is -4.22. The summed E-state index contributed by atoms with van der Waals surface area (Å²) >= 11 is 2.99. The Balaban J connectivity index is 2.71. The molecule has 1 rings (SSSR count). The molecule has 0 aromatic carbocycles. The SMILES string of the molecule is CCCNc1ncc(Br)c(OCC(F)(F)C(F)F)n1. The first-order chi connectivity index (χ1) is 8.86. The van der Waals surface area contributed by atoms with Gasteiger partial charge >= 0.3 is 12.3 Å². The predicted octanol–water partition coefficient (Wildman–Crippen LogP) is 3.34. The molecule has 19 heavy (non-hydrogen) atoms. The van der Waals surface area contributed by atoms with Crippen LogP contribution in [-0.2, 0) is 0 Å². The van der Waals surface area contributed by atoms with Crippen molar-refractivity contribution in [2.45, 2.75) is 25.7 Å². The van der Waals surface area contributed by atoms with Crippen molar-refractivity contribution in [3.63, 3.8) is 0 Å². The number of ether oxygens (including phenoxy) is 1. The Labute approximate surface area is 115 Å². The molecular formula is C10H12BrF4N3O.